The Morgan fingerprint density at radius 2 is 1.82 bits per heavy atom. The average Bonchev–Trinajstić information content (AvgIpc) is 3.47. The number of rotatable bonds is 8. The summed E-state index contributed by atoms with van der Waals surface area (Å²) in [5.74, 6) is 1.25. The van der Waals surface area contributed by atoms with Crippen molar-refractivity contribution in [1.82, 2.24) is 14.7 Å². The lowest BCUT2D eigenvalue weighted by Crippen LogP contribution is -2.37. The van der Waals surface area contributed by atoms with E-state index < -0.39 is 0 Å². The van der Waals surface area contributed by atoms with Gasteiger partial charge in [-0.1, -0.05) is 49.7 Å². The molecule has 4 rings (SSSR count). The molecule has 1 amide bonds. The second kappa shape index (κ2) is 10.4. The van der Waals surface area contributed by atoms with Gasteiger partial charge in [0.25, 0.3) is 5.91 Å². The summed E-state index contributed by atoms with van der Waals surface area (Å²) in [6, 6.07) is 18.0. The Kier molecular flexibility index (Phi) is 7.37. The van der Waals surface area contributed by atoms with Gasteiger partial charge in [-0.3, -0.25) is 4.79 Å². The van der Waals surface area contributed by atoms with Gasteiger partial charge in [-0.2, -0.15) is 5.10 Å². The van der Waals surface area contributed by atoms with Gasteiger partial charge in [0.2, 0.25) is 0 Å². The molecule has 2 heterocycles. The number of aryl methyl sites for hydroxylation is 1. The van der Waals surface area contributed by atoms with E-state index in [0.29, 0.717) is 18.7 Å². The lowest BCUT2D eigenvalue weighted by atomic mass is 10.0. The van der Waals surface area contributed by atoms with Crippen LogP contribution < -0.4 is 4.90 Å². The number of nitrogens with zero attached hydrogens (tertiary/aromatic N) is 4. The summed E-state index contributed by atoms with van der Waals surface area (Å²) >= 11 is 0. The average molecular weight is 461 g/mol. The van der Waals surface area contributed by atoms with Crippen molar-refractivity contribution < 1.29 is 9.53 Å². The highest BCUT2D eigenvalue weighted by atomic mass is 16.5. The summed E-state index contributed by atoms with van der Waals surface area (Å²) in [5, 5.41) is 5.04. The van der Waals surface area contributed by atoms with Gasteiger partial charge in [0.1, 0.15) is 5.82 Å². The minimum Gasteiger partial charge on any atom is -0.376 e. The highest BCUT2D eigenvalue weighted by Gasteiger charge is 2.29. The SMILES string of the molecule is Cc1ccc(C(=O)N(Cc2c(C(C)C)nn(-c3ccccc3)c2N(C)C)CC2CCCO2)cc1. The molecule has 0 spiro atoms. The predicted octanol–water partition coefficient (Wildman–Crippen LogP) is 5.19. The molecule has 1 atom stereocenters. The lowest BCUT2D eigenvalue weighted by molar-refractivity contribution is 0.0507. The molecular formula is C28H36N4O2. The highest BCUT2D eigenvalue weighted by molar-refractivity contribution is 5.94. The fraction of sp³-hybridized carbons (Fsp3) is 0.429. The number of hydrogen-bond acceptors (Lipinski definition) is 4. The van der Waals surface area contributed by atoms with Gasteiger partial charge in [0.15, 0.2) is 0 Å². The minimum absolute atomic E-state index is 0.0300. The maximum absolute atomic E-state index is 13.7. The molecule has 1 fully saturated rings. The Morgan fingerprint density at radius 1 is 1.12 bits per heavy atom. The van der Waals surface area contributed by atoms with E-state index in [1.165, 1.54) is 0 Å². The van der Waals surface area contributed by atoms with Crippen LogP contribution in [0, 0.1) is 6.92 Å². The largest absolute Gasteiger partial charge is 0.376 e. The monoisotopic (exact) mass is 460 g/mol. The maximum Gasteiger partial charge on any atom is 0.254 e. The van der Waals surface area contributed by atoms with Crippen LogP contribution in [-0.4, -0.2) is 53.9 Å². The molecule has 0 radical (unpaired) electrons. The predicted molar refractivity (Wildman–Crippen MR) is 137 cm³/mol. The van der Waals surface area contributed by atoms with Gasteiger partial charge in [0.05, 0.1) is 24.0 Å². The first-order valence-corrected chi connectivity index (χ1v) is 12.2. The molecule has 0 bridgehead atoms. The third-order valence-corrected chi connectivity index (χ3v) is 6.34. The summed E-state index contributed by atoms with van der Waals surface area (Å²) in [7, 11) is 4.08. The molecule has 1 aromatic heterocycles. The first kappa shape index (κ1) is 24.0. The molecular weight excluding hydrogens is 424 g/mol. The Hall–Kier alpha value is -3.12. The number of benzene rings is 2. The molecule has 6 nitrogen and oxygen atoms in total. The van der Waals surface area contributed by atoms with Gasteiger partial charge < -0.3 is 14.5 Å². The van der Waals surface area contributed by atoms with Crippen LogP contribution in [0.15, 0.2) is 54.6 Å². The molecule has 34 heavy (non-hydrogen) atoms. The second-order valence-electron chi connectivity index (χ2n) is 9.67. The van der Waals surface area contributed by atoms with Crippen LogP contribution in [0.25, 0.3) is 5.69 Å². The number of hydrogen-bond donors (Lipinski definition) is 0. The van der Waals surface area contributed by atoms with E-state index in [4.69, 9.17) is 9.84 Å². The maximum atomic E-state index is 13.7. The van der Waals surface area contributed by atoms with Crippen LogP contribution in [-0.2, 0) is 11.3 Å². The number of ether oxygens (including phenoxy) is 1. The first-order chi connectivity index (χ1) is 16.3. The molecule has 0 N–H and O–H groups in total. The van der Waals surface area contributed by atoms with Gasteiger partial charge in [-0.25, -0.2) is 4.68 Å². The number of carbonyl (C=O) groups is 1. The molecule has 0 aliphatic carbocycles. The normalized spacial score (nSPS) is 15.6. The number of para-hydroxylation sites is 1. The number of anilines is 1. The van der Waals surface area contributed by atoms with Gasteiger partial charge >= 0.3 is 0 Å². The molecule has 2 aromatic carbocycles. The van der Waals surface area contributed by atoms with Crippen molar-refractivity contribution in [3.05, 3.63) is 77.0 Å². The van der Waals surface area contributed by atoms with E-state index in [9.17, 15) is 4.79 Å². The van der Waals surface area contributed by atoms with E-state index in [2.05, 4.69) is 30.9 Å². The molecule has 1 aliphatic heterocycles. The van der Waals surface area contributed by atoms with Gasteiger partial charge in [-0.05, 0) is 49.9 Å². The molecule has 180 valence electrons. The third kappa shape index (κ3) is 5.17. The zero-order chi connectivity index (χ0) is 24.2. The third-order valence-electron chi connectivity index (χ3n) is 6.34. The quantitative estimate of drug-likeness (QED) is 0.464. The van der Waals surface area contributed by atoms with E-state index in [-0.39, 0.29) is 17.9 Å². The minimum atomic E-state index is 0.0300. The van der Waals surface area contributed by atoms with Crippen LogP contribution in [0.2, 0.25) is 0 Å². The Labute approximate surface area is 203 Å². The number of aromatic nitrogens is 2. The fourth-order valence-electron chi connectivity index (χ4n) is 4.61. The van der Waals surface area contributed by atoms with E-state index in [1.807, 2.05) is 73.1 Å². The van der Waals surface area contributed by atoms with Crippen molar-refractivity contribution in [2.24, 2.45) is 0 Å². The molecule has 1 saturated heterocycles. The van der Waals surface area contributed by atoms with Crippen molar-refractivity contribution in [2.75, 3.05) is 32.1 Å². The molecule has 1 unspecified atom stereocenters. The summed E-state index contributed by atoms with van der Waals surface area (Å²) in [6.07, 6.45) is 2.10. The van der Waals surface area contributed by atoms with Crippen LogP contribution in [0.5, 0.6) is 0 Å². The van der Waals surface area contributed by atoms with Gasteiger partial charge in [0, 0.05) is 38.4 Å². The fourth-order valence-corrected chi connectivity index (χ4v) is 4.61. The molecule has 6 heteroatoms. The van der Waals surface area contributed by atoms with E-state index in [0.717, 1.165) is 47.8 Å². The molecule has 3 aromatic rings. The van der Waals surface area contributed by atoms with Crippen molar-refractivity contribution in [3.8, 4) is 5.69 Å². The van der Waals surface area contributed by atoms with E-state index in [1.54, 1.807) is 0 Å². The van der Waals surface area contributed by atoms with Crippen molar-refractivity contribution in [1.29, 1.82) is 0 Å². The van der Waals surface area contributed by atoms with Crippen molar-refractivity contribution in [3.63, 3.8) is 0 Å². The van der Waals surface area contributed by atoms with Crippen LogP contribution in [0.4, 0.5) is 5.82 Å². The Morgan fingerprint density at radius 3 is 2.41 bits per heavy atom. The first-order valence-electron chi connectivity index (χ1n) is 12.2. The summed E-state index contributed by atoms with van der Waals surface area (Å²) < 4.78 is 7.94. The smallest absolute Gasteiger partial charge is 0.254 e. The van der Waals surface area contributed by atoms with E-state index >= 15 is 0 Å². The van der Waals surface area contributed by atoms with Crippen LogP contribution in [0.3, 0.4) is 0 Å². The van der Waals surface area contributed by atoms with Crippen molar-refractivity contribution in [2.45, 2.75) is 52.2 Å². The van der Waals surface area contributed by atoms with Gasteiger partial charge in [-0.15, -0.1) is 0 Å². The Bertz CT molecular complexity index is 1100. The molecule has 1 aliphatic rings. The lowest BCUT2D eigenvalue weighted by Gasteiger charge is -2.27. The highest BCUT2D eigenvalue weighted by Crippen LogP contribution is 2.32. The topological polar surface area (TPSA) is 50.6 Å². The zero-order valence-electron chi connectivity index (χ0n) is 21.0. The second-order valence-corrected chi connectivity index (χ2v) is 9.67. The van der Waals surface area contributed by atoms with Crippen LogP contribution >= 0.6 is 0 Å². The molecule has 0 saturated carbocycles. The Balaban J connectivity index is 1.77. The van der Waals surface area contributed by atoms with Crippen molar-refractivity contribution >= 4 is 11.7 Å². The van der Waals surface area contributed by atoms with Crippen LogP contribution in [0.1, 0.15) is 59.8 Å². The number of amides is 1. The summed E-state index contributed by atoms with van der Waals surface area (Å²) in [5.41, 5.74) is 4.96. The summed E-state index contributed by atoms with van der Waals surface area (Å²) in [4.78, 5) is 17.8. The zero-order valence-corrected chi connectivity index (χ0v) is 21.0. The standard InChI is InChI=1S/C28H36N4O2/c1-20(2)26-25(27(30(4)5)32(29-26)23-10-7-6-8-11-23)19-31(18-24-12-9-17-34-24)28(33)22-15-13-21(3)14-16-22/h6-8,10-11,13-16,20,24H,9,12,17-19H2,1-5H3. The summed E-state index contributed by atoms with van der Waals surface area (Å²) in [6.45, 7) is 8.19. The number of carbonyl (C=O) groups excluding carboxylic acids is 1.